The van der Waals surface area contributed by atoms with Crippen LogP contribution in [0, 0.1) is 11.2 Å². The van der Waals surface area contributed by atoms with Crippen molar-refractivity contribution >= 4 is 40.2 Å². The van der Waals surface area contributed by atoms with Crippen molar-refractivity contribution in [2.45, 2.75) is 13.8 Å². The van der Waals surface area contributed by atoms with Crippen LogP contribution >= 0.6 is 0 Å². The van der Waals surface area contributed by atoms with Gasteiger partial charge in [0.15, 0.2) is 11.6 Å². The van der Waals surface area contributed by atoms with Crippen molar-refractivity contribution in [3.05, 3.63) is 90.7 Å². The largest absolute Gasteiger partial charge is 0.505 e. The number of hydrogen-bond acceptors (Lipinski definition) is 8. The molecule has 0 bridgehead atoms. The molecule has 0 aliphatic carbocycles. The number of hydrogen-bond donors (Lipinski definition) is 4. The highest BCUT2D eigenvalue weighted by Gasteiger charge is 2.22. The number of fused-ring (bicyclic) bond motifs is 1. The number of phenols is 1. The van der Waals surface area contributed by atoms with E-state index >= 15 is 0 Å². The van der Waals surface area contributed by atoms with Crippen LogP contribution in [-0.2, 0) is 4.79 Å². The lowest BCUT2D eigenvalue weighted by Crippen LogP contribution is -2.39. The number of carbonyl (C=O) groups excluding carboxylic acids is 2. The number of aromatic hydroxyl groups is 1. The van der Waals surface area contributed by atoms with E-state index in [0.717, 1.165) is 17.0 Å². The lowest BCUT2D eigenvalue weighted by atomic mass is 10.2. The van der Waals surface area contributed by atoms with E-state index in [2.05, 4.69) is 21.9 Å². The Labute approximate surface area is 218 Å². The molecule has 0 aliphatic heterocycles. The highest BCUT2D eigenvalue weighted by molar-refractivity contribution is 6.10. The first kappa shape index (κ1) is 27.5. The summed E-state index contributed by atoms with van der Waals surface area (Å²) in [6.07, 6.45) is 3.80. The maximum absolute atomic E-state index is 14.0. The molecule has 2 amide bonds. The Morgan fingerprint density at radius 1 is 1.21 bits per heavy atom. The third-order valence-corrected chi connectivity index (χ3v) is 5.45. The van der Waals surface area contributed by atoms with Gasteiger partial charge in [0.2, 0.25) is 0 Å². The van der Waals surface area contributed by atoms with Crippen molar-refractivity contribution in [1.29, 1.82) is 5.41 Å². The minimum absolute atomic E-state index is 0.00186. The molecule has 0 fully saturated rings. The monoisotopic (exact) mass is 517 g/mol. The second-order valence-electron chi connectivity index (χ2n) is 7.67. The van der Waals surface area contributed by atoms with Crippen LogP contribution < -0.4 is 11.1 Å². The van der Waals surface area contributed by atoms with Gasteiger partial charge in [-0.1, -0.05) is 38.6 Å². The van der Waals surface area contributed by atoms with Gasteiger partial charge in [-0.05, 0) is 30.3 Å². The summed E-state index contributed by atoms with van der Waals surface area (Å²) in [7, 11) is 0. The Hall–Kier alpha value is -5.06. The number of carbonyl (C=O) groups is 2. The van der Waals surface area contributed by atoms with Crippen LogP contribution in [0.3, 0.4) is 0 Å². The zero-order valence-corrected chi connectivity index (χ0v) is 21.0. The van der Waals surface area contributed by atoms with E-state index in [1.54, 1.807) is 36.4 Å². The molecule has 4 aromatic rings. The second-order valence-corrected chi connectivity index (χ2v) is 7.67. The molecule has 4 rings (SSSR count). The van der Waals surface area contributed by atoms with E-state index in [1.807, 2.05) is 13.8 Å². The third kappa shape index (κ3) is 5.67. The van der Waals surface area contributed by atoms with Gasteiger partial charge in [0.25, 0.3) is 11.8 Å². The molecular formula is C27H28FN7O3. The quantitative estimate of drug-likeness (QED) is 0.164. The topological polar surface area (TPSA) is 150 Å². The number of nitrogens with one attached hydrogen (secondary N) is 2. The second kappa shape index (κ2) is 12.3. The average Bonchev–Trinajstić information content (AvgIpc) is 3.34. The van der Waals surface area contributed by atoms with Crippen LogP contribution in [0.25, 0.3) is 10.9 Å². The highest BCUT2D eigenvalue weighted by Crippen LogP contribution is 2.27. The van der Waals surface area contributed by atoms with Crippen molar-refractivity contribution in [3.8, 4) is 5.75 Å². The Kier molecular flexibility index (Phi) is 8.88. The van der Waals surface area contributed by atoms with Crippen LogP contribution in [0.2, 0.25) is 0 Å². The molecule has 0 saturated carbocycles. The standard InChI is InChI=1S/C25H22FN7O3.C2H6/c1-2-20(35)33(25(36)15-6-4-3-5-7-15)11-9-29-24-21(22(27)30-14-31-24)23(28)32-10-8-16-12-19(34)17(26)13-18(16)32;1-2/h2-8,10,12-14,28,34H,1,9,11H2,(H3,27,29,30,31);1-2H3. The van der Waals surface area contributed by atoms with Crippen molar-refractivity contribution in [2.75, 3.05) is 24.1 Å². The van der Waals surface area contributed by atoms with E-state index in [9.17, 15) is 19.1 Å². The van der Waals surface area contributed by atoms with Crippen LogP contribution in [0.4, 0.5) is 16.0 Å². The van der Waals surface area contributed by atoms with Crippen molar-refractivity contribution in [2.24, 2.45) is 0 Å². The number of benzene rings is 2. The third-order valence-electron chi connectivity index (χ3n) is 5.45. The molecule has 5 N–H and O–H groups in total. The van der Waals surface area contributed by atoms with Crippen molar-refractivity contribution < 1.29 is 19.1 Å². The Balaban J connectivity index is 0.00000195. The molecule has 2 aromatic carbocycles. The fourth-order valence-corrected chi connectivity index (χ4v) is 3.67. The minimum Gasteiger partial charge on any atom is -0.505 e. The Morgan fingerprint density at radius 2 is 1.92 bits per heavy atom. The SMILES string of the molecule is C=CC(=O)N(CCNc1ncnc(N)c1C(=N)n1ccc2cc(O)c(F)cc21)C(=O)c1ccccc1.CC. The molecule has 196 valence electrons. The molecule has 10 nitrogen and oxygen atoms in total. The summed E-state index contributed by atoms with van der Waals surface area (Å²) in [4.78, 5) is 34.4. The summed E-state index contributed by atoms with van der Waals surface area (Å²) < 4.78 is 15.4. The Morgan fingerprint density at radius 3 is 2.61 bits per heavy atom. The first-order valence-electron chi connectivity index (χ1n) is 11.8. The molecule has 38 heavy (non-hydrogen) atoms. The summed E-state index contributed by atoms with van der Waals surface area (Å²) in [5.41, 5.74) is 6.88. The zero-order valence-electron chi connectivity index (χ0n) is 21.0. The van der Waals surface area contributed by atoms with E-state index in [0.29, 0.717) is 16.5 Å². The van der Waals surface area contributed by atoms with Crippen LogP contribution in [0.1, 0.15) is 29.8 Å². The first-order chi connectivity index (χ1) is 18.3. The number of rotatable bonds is 7. The summed E-state index contributed by atoms with van der Waals surface area (Å²) >= 11 is 0. The number of anilines is 2. The van der Waals surface area contributed by atoms with Gasteiger partial charge in [-0.15, -0.1) is 0 Å². The van der Waals surface area contributed by atoms with Gasteiger partial charge in [-0.2, -0.15) is 0 Å². The lowest BCUT2D eigenvalue weighted by molar-refractivity contribution is -0.123. The number of amides is 2. The number of nitrogens with two attached hydrogens (primary N) is 1. The highest BCUT2D eigenvalue weighted by atomic mass is 19.1. The molecule has 2 aromatic heterocycles. The summed E-state index contributed by atoms with van der Waals surface area (Å²) in [6.45, 7) is 7.53. The maximum atomic E-state index is 14.0. The van der Waals surface area contributed by atoms with Crippen molar-refractivity contribution in [1.82, 2.24) is 19.4 Å². The molecule has 0 radical (unpaired) electrons. The molecule has 0 atom stereocenters. The molecule has 11 heteroatoms. The molecule has 0 saturated heterocycles. The number of imide groups is 1. The summed E-state index contributed by atoms with van der Waals surface area (Å²) in [6, 6.07) is 12.3. The van der Waals surface area contributed by atoms with Gasteiger partial charge < -0.3 is 20.7 Å². The van der Waals surface area contributed by atoms with E-state index < -0.39 is 23.4 Å². The number of phenolic OH excluding ortho intramolecular Hbond substituents is 1. The van der Waals surface area contributed by atoms with Crippen LogP contribution in [0.15, 0.2) is 73.7 Å². The van der Waals surface area contributed by atoms with Gasteiger partial charge in [-0.3, -0.25) is 19.9 Å². The average molecular weight is 518 g/mol. The fraction of sp³-hybridized carbons (Fsp3) is 0.148. The predicted octanol–water partition coefficient (Wildman–Crippen LogP) is 4.02. The molecule has 2 heterocycles. The molecular weight excluding hydrogens is 489 g/mol. The lowest BCUT2D eigenvalue weighted by Gasteiger charge is -2.20. The fourth-order valence-electron chi connectivity index (χ4n) is 3.67. The Bertz CT molecular complexity index is 1490. The molecule has 0 spiro atoms. The van der Waals surface area contributed by atoms with Gasteiger partial charge in [-0.25, -0.2) is 14.4 Å². The first-order valence-corrected chi connectivity index (χ1v) is 11.8. The van der Waals surface area contributed by atoms with E-state index in [1.165, 1.54) is 23.2 Å². The molecule has 0 aliphatic rings. The maximum Gasteiger partial charge on any atom is 0.260 e. The zero-order chi connectivity index (χ0) is 27.8. The van der Waals surface area contributed by atoms with Gasteiger partial charge in [0, 0.05) is 36.3 Å². The van der Waals surface area contributed by atoms with E-state index in [-0.39, 0.29) is 36.1 Å². The summed E-state index contributed by atoms with van der Waals surface area (Å²) in [5, 5.41) is 21.9. The number of halogens is 1. The number of nitrogen functional groups attached to an aromatic ring is 1. The minimum atomic E-state index is -0.832. The predicted molar refractivity (Wildman–Crippen MR) is 145 cm³/mol. The van der Waals surface area contributed by atoms with Gasteiger partial charge >= 0.3 is 0 Å². The normalized spacial score (nSPS) is 10.3. The van der Waals surface area contributed by atoms with Crippen LogP contribution in [0.5, 0.6) is 5.75 Å². The smallest absolute Gasteiger partial charge is 0.260 e. The number of nitrogens with zero attached hydrogens (tertiary/aromatic N) is 4. The van der Waals surface area contributed by atoms with E-state index in [4.69, 9.17) is 11.1 Å². The molecule has 0 unspecified atom stereocenters. The van der Waals surface area contributed by atoms with Crippen molar-refractivity contribution in [3.63, 3.8) is 0 Å². The van der Waals surface area contributed by atoms with Gasteiger partial charge in [0.1, 0.15) is 29.4 Å². The van der Waals surface area contributed by atoms with Crippen LogP contribution in [-0.4, -0.2) is 55.3 Å². The number of aromatic nitrogens is 3. The van der Waals surface area contributed by atoms with Gasteiger partial charge in [0.05, 0.1) is 5.52 Å². The summed E-state index contributed by atoms with van der Waals surface area (Å²) in [5.74, 6) is -2.34.